The highest BCUT2D eigenvalue weighted by molar-refractivity contribution is 5.96. The van der Waals surface area contributed by atoms with Crippen molar-refractivity contribution in [2.45, 2.75) is 63.2 Å². The average molecular weight is 1600 g/mol. The first-order valence-corrected chi connectivity index (χ1v) is 43.0. The molecule has 0 bridgehead atoms. The second-order valence-electron chi connectivity index (χ2n) is 34.7. The maximum Gasteiger partial charge on any atom is 0.178 e. The van der Waals surface area contributed by atoms with Crippen molar-refractivity contribution in [2.75, 3.05) is 9.80 Å². The predicted octanol–water partition coefficient (Wildman–Crippen LogP) is 31.4. The minimum absolute atomic E-state index is 0.0836. The van der Waals surface area contributed by atoms with Crippen molar-refractivity contribution in [2.24, 2.45) is 0 Å². The van der Waals surface area contributed by atoms with Gasteiger partial charge in [-0.3, -0.25) is 0 Å². The summed E-state index contributed by atoms with van der Waals surface area (Å²) in [4.78, 5) is 4.82. The Morgan fingerprint density at radius 2 is 0.516 bits per heavy atom. The van der Waals surface area contributed by atoms with Crippen LogP contribution in [0.15, 0.2) is 413 Å². The normalized spacial score (nSPS) is 15.8. The lowest BCUT2D eigenvalue weighted by Gasteiger charge is -2.35. The zero-order valence-corrected chi connectivity index (χ0v) is 69.8. The fourth-order valence-corrected chi connectivity index (χ4v) is 21.2. The van der Waals surface area contributed by atoms with Crippen LogP contribution in [0.4, 0.5) is 34.1 Å². The zero-order valence-electron chi connectivity index (χ0n) is 69.8. The van der Waals surface area contributed by atoms with Crippen LogP contribution in [-0.4, -0.2) is 0 Å². The second kappa shape index (κ2) is 28.7. The molecule has 124 heavy (non-hydrogen) atoms. The van der Waals surface area contributed by atoms with E-state index in [1.165, 1.54) is 122 Å². The number of ether oxygens (including phenoxy) is 4. The molecule has 18 aromatic rings. The zero-order chi connectivity index (χ0) is 83.2. The molecule has 24 rings (SSSR count). The van der Waals surface area contributed by atoms with E-state index in [2.05, 4.69) is 415 Å². The summed E-state index contributed by atoms with van der Waals surface area (Å²) in [6.45, 7) is 13.7. The summed E-state index contributed by atoms with van der Waals surface area (Å²) in [5.74, 6) is 5.84. The Kier molecular flexibility index (Phi) is 17.1. The van der Waals surface area contributed by atoms with Crippen molar-refractivity contribution >= 4 is 34.1 Å². The van der Waals surface area contributed by atoms with Gasteiger partial charge in [-0.2, -0.15) is 0 Å². The Morgan fingerprint density at radius 3 is 0.968 bits per heavy atom. The second-order valence-corrected chi connectivity index (χ2v) is 34.7. The molecule has 0 saturated heterocycles. The number of nitrogens with zero attached hydrogens (tertiary/aromatic N) is 2. The highest BCUT2D eigenvalue weighted by Gasteiger charge is 2.51. The van der Waals surface area contributed by atoms with Crippen molar-refractivity contribution in [3.63, 3.8) is 0 Å². The van der Waals surface area contributed by atoms with Crippen LogP contribution < -0.4 is 28.7 Å². The highest BCUT2D eigenvalue weighted by atomic mass is 16.6. The molecule has 0 amide bonds. The minimum Gasteiger partial charge on any atom is -0.449 e. The number of hydrogen-bond donors (Lipinski definition) is 0. The Bertz CT molecular complexity index is 7220. The standard InChI is InChI=1S/C61H45NO2.C57H41NO2/c1-59(2)49-22-12-9-19-44(49)47-36-41(31-33-50(47)59)62(42-30-32-45-43-18-8-11-21-48(43)60(3,4)53(45)37-42)40-28-26-39(27-29-40)61(38-16-6-5-7-17-38)51-23-13-10-20-46(51)57-52(61)34-35-56-58(57)64-55-25-15-14-24-54(55)63-56;1-38-12-10-14-42(36-38)40-22-28-46(29-23-40)58(47-30-24-41(25-31-47)43-15-11-13-39(2)37-43)48-32-26-45(27-33-48)57(44-16-4-3-5-17-44)50-19-7-6-18-49(50)55-51(57)34-35-54-56(55)60-53-21-9-8-20-52(53)59-54/h5-37H,1-4H3;3-37H,1-2H3. The van der Waals surface area contributed by atoms with E-state index >= 15 is 0 Å². The molecule has 0 saturated carbocycles. The summed E-state index contributed by atoms with van der Waals surface area (Å²) in [7, 11) is 0. The predicted molar refractivity (Wildman–Crippen MR) is 506 cm³/mol. The summed E-state index contributed by atoms with van der Waals surface area (Å²) < 4.78 is 26.5. The molecule has 0 N–H and O–H groups in total. The molecule has 0 aromatic heterocycles. The van der Waals surface area contributed by atoms with E-state index in [-0.39, 0.29) is 10.8 Å². The summed E-state index contributed by atoms with van der Waals surface area (Å²) in [6.07, 6.45) is 0. The Morgan fingerprint density at radius 1 is 0.194 bits per heavy atom. The lowest BCUT2D eigenvalue weighted by atomic mass is 9.67. The molecule has 6 nitrogen and oxygen atoms in total. The van der Waals surface area contributed by atoms with Crippen LogP contribution in [0.5, 0.6) is 46.0 Å². The van der Waals surface area contributed by atoms with Crippen molar-refractivity contribution < 1.29 is 18.9 Å². The number of fused-ring (bicyclic) bond motifs is 18. The molecule has 0 radical (unpaired) electrons. The molecule has 6 aliphatic rings. The number of rotatable bonds is 12. The maximum absolute atomic E-state index is 6.79. The topological polar surface area (TPSA) is 43.4 Å². The SMILES string of the molecule is CC1(C)c2ccccc2-c2cc(N(c3ccc(C4(c5ccccc5)c5ccccc5-c5c4ccc4c5Oc5ccccc5O4)cc3)c3ccc4c(c3)C(C)(C)c3ccccc3-4)ccc21.Cc1cccc(-c2ccc(N(c3ccc(-c4cccc(C)c4)cc3)c3ccc(C4(c5ccccc5)c5ccccc5-c5c4ccc4c5Oc5ccccc5O4)cc3)cc2)c1. The van der Waals surface area contributed by atoms with Crippen molar-refractivity contribution in [1.82, 2.24) is 0 Å². The maximum atomic E-state index is 6.79. The average Bonchev–Trinajstić information content (AvgIpc) is 1.53. The summed E-state index contributed by atoms with van der Waals surface area (Å²) >= 11 is 0. The third-order valence-electron chi connectivity index (χ3n) is 26.9. The molecule has 0 spiro atoms. The first kappa shape index (κ1) is 73.9. The number of aryl methyl sites for hydroxylation is 2. The molecule has 2 heterocycles. The van der Waals surface area contributed by atoms with E-state index in [1.54, 1.807) is 0 Å². The molecule has 0 fully saturated rings. The summed E-state index contributed by atoms with van der Waals surface area (Å²) in [5.41, 5.74) is 37.1. The molecular formula is C118H86N2O4. The van der Waals surface area contributed by atoms with Gasteiger partial charge in [0.05, 0.1) is 10.8 Å². The van der Waals surface area contributed by atoms with E-state index in [9.17, 15) is 0 Å². The smallest absolute Gasteiger partial charge is 0.178 e. The third kappa shape index (κ3) is 11.5. The van der Waals surface area contributed by atoms with Gasteiger partial charge in [0, 0.05) is 56.1 Å². The Labute approximate surface area is 724 Å². The van der Waals surface area contributed by atoms with Crippen molar-refractivity contribution in [1.29, 1.82) is 0 Å². The van der Waals surface area contributed by atoms with Crippen LogP contribution in [0.1, 0.15) is 106 Å². The molecule has 2 aliphatic heterocycles. The van der Waals surface area contributed by atoms with Crippen LogP contribution in [0.3, 0.4) is 0 Å². The quantitative estimate of drug-likeness (QED) is 0.121. The lowest BCUT2D eigenvalue weighted by molar-refractivity contribution is 0.360. The van der Waals surface area contributed by atoms with Crippen LogP contribution in [-0.2, 0) is 21.7 Å². The Balaban J connectivity index is 0.000000144. The van der Waals surface area contributed by atoms with Gasteiger partial charge < -0.3 is 28.7 Å². The van der Waals surface area contributed by atoms with Gasteiger partial charge in [-0.1, -0.05) is 342 Å². The van der Waals surface area contributed by atoms with Crippen LogP contribution in [0.25, 0.3) is 66.8 Å². The molecule has 592 valence electrons. The van der Waals surface area contributed by atoms with Crippen molar-refractivity contribution in [3.05, 3.63) is 490 Å². The van der Waals surface area contributed by atoms with E-state index in [4.69, 9.17) is 18.9 Å². The minimum atomic E-state index is -0.627. The monoisotopic (exact) mass is 1590 g/mol. The van der Waals surface area contributed by atoms with Crippen LogP contribution in [0.2, 0.25) is 0 Å². The first-order chi connectivity index (χ1) is 60.8. The summed E-state index contributed by atoms with van der Waals surface area (Å²) in [5, 5.41) is 0. The van der Waals surface area contributed by atoms with Gasteiger partial charge in [0.15, 0.2) is 46.0 Å². The third-order valence-corrected chi connectivity index (χ3v) is 26.9. The van der Waals surface area contributed by atoms with Gasteiger partial charge in [-0.25, -0.2) is 0 Å². The number of para-hydroxylation sites is 4. The van der Waals surface area contributed by atoms with Gasteiger partial charge in [0.25, 0.3) is 0 Å². The summed E-state index contributed by atoms with van der Waals surface area (Å²) in [6, 6.07) is 150. The number of hydrogen-bond acceptors (Lipinski definition) is 6. The Hall–Kier alpha value is -15.2. The van der Waals surface area contributed by atoms with Crippen molar-refractivity contribution in [3.8, 4) is 113 Å². The van der Waals surface area contributed by atoms with Gasteiger partial charge in [-0.05, 0) is 245 Å². The molecule has 18 aromatic carbocycles. The fourth-order valence-electron chi connectivity index (χ4n) is 21.2. The number of benzene rings is 18. The van der Waals surface area contributed by atoms with E-state index in [1.807, 2.05) is 48.5 Å². The highest BCUT2D eigenvalue weighted by Crippen LogP contribution is 2.66. The largest absolute Gasteiger partial charge is 0.449 e. The number of anilines is 6. The molecule has 4 aliphatic carbocycles. The van der Waals surface area contributed by atoms with Gasteiger partial charge in [0.1, 0.15) is 0 Å². The van der Waals surface area contributed by atoms with Gasteiger partial charge in [-0.15, -0.1) is 0 Å². The molecule has 2 atom stereocenters. The van der Waals surface area contributed by atoms with Crippen LogP contribution >= 0.6 is 0 Å². The first-order valence-electron chi connectivity index (χ1n) is 43.0. The molecule has 2 unspecified atom stereocenters. The van der Waals surface area contributed by atoms with E-state index in [0.29, 0.717) is 0 Å². The van der Waals surface area contributed by atoms with Crippen LogP contribution in [0, 0.1) is 13.8 Å². The fraction of sp³-hybridized carbons (Fsp3) is 0.0847. The van der Waals surface area contributed by atoms with E-state index in [0.717, 1.165) is 102 Å². The van der Waals surface area contributed by atoms with Gasteiger partial charge >= 0.3 is 0 Å². The van der Waals surface area contributed by atoms with Gasteiger partial charge in [0.2, 0.25) is 0 Å². The van der Waals surface area contributed by atoms with E-state index < -0.39 is 10.8 Å². The molecule has 6 heteroatoms. The lowest BCUT2D eigenvalue weighted by Crippen LogP contribution is -2.28. The molecular weight excluding hydrogens is 1510 g/mol.